The summed E-state index contributed by atoms with van der Waals surface area (Å²) in [5, 5.41) is 2.93. The number of amides is 1. The van der Waals surface area contributed by atoms with E-state index < -0.39 is 10.0 Å². The molecule has 30 heavy (non-hydrogen) atoms. The van der Waals surface area contributed by atoms with E-state index in [4.69, 9.17) is 0 Å². The third-order valence-electron chi connectivity index (χ3n) is 5.01. The Morgan fingerprint density at radius 2 is 1.50 bits per heavy atom. The Hall–Kier alpha value is -3.12. The fraction of sp³-hybridized carbons (Fsp3) is 0.208. The van der Waals surface area contributed by atoms with Gasteiger partial charge in [0.15, 0.2) is 0 Å². The highest BCUT2D eigenvalue weighted by Crippen LogP contribution is 2.27. The van der Waals surface area contributed by atoms with Crippen LogP contribution in [0.2, 0.25) is 0 Å². The van der Waals surface area contributed by atoms with Crippen molar-refractivity contribution in [1.29, 1.82) is 0 Å². The highest BCUT2D eigenvalue weighted by Gasteiger charge is 2.28. The molecule has 0 aliphatic carbocycles. The summed E-state index contributed by atoms with van der Waals surface area (Å²) in [7, 11) is -3.92. The van der Waals surface area contributed by atoms with Crippen molar-refractivity contribution >= 4 is 27.3 Å². The lowest BCUT2D eigenvalue weighted by molar-refractivity contribution is -0.114. The fourth-order valence-electron chi connectivity index (χ4n) is 3.37. The molecule has 0 spiro atoms. The molecule has 0 unspecified atom stereocenters. The second-order valence-corrected chi connectivity index (χ2v) is 8.98. The highest BCUT2D eigenvalue weighted by molar-refractivity contribution is 7.92. The van der Waals surface area contributed by atoms with Crippen molar-refractivity contribution in [3.05, 3.63) is 89.5 Å². The summed E-state index contributed by atoms with van der Waals surface area (Å²) in [5.74, 6) is -0.387. The van der Waals surface area contributed by atoms with E-state index in [2.05, 4.69) is 5.32 Å². The van der Waals surface area contributed by atoms with Crippen molar-refractivity contribution in [1.82, 2.24) is 0 Å². The van der Waals surface area contributed by atoms with Gasteiger partial charge in [0, 0.05) is 5.69 Å². The summed E-state index contributed by atoms with van der Waals surface area (Å²) in [5.41, 5.74) is 3.95. The molecule has 5 nitrogen and oxygen atoms in total. The molecule has 0 fully saturated rings. The average Bonchev–Trinajstić information content (AvgIpc) is 2.74. The molecule has 0 radical (unpaired) electrons. The highest BCUT2D eigenvalue weighted by atomic mass is 32.2. The van der Waals surface area contributed by atoms with E-state index in [1.54, 1.807) is 30.3 Å². The smallest absolute Gasteiger partial charge is 0.264 e. The Bertz CT molecular complexity index is 1140. The van der Waals surface area contributed by atoms with Gasteiger partial charge in [-0.25, -0.2) is 8.42 Å². The van der Waals surface area contributed by atoms with Gasteiger partial charge in [-0.1, -0.05) is 61.5 Å². The summed E-state index contributed by atoms with van der Waals surface area (Å²) >= 11 is 0. The molecule has 1 amide bonds. The van der Waals surface area contributed by atoms with Crippen LogP contribution in [0.1, 0.15) is 23.6 Å². The van der Waals surface area contributed by atoms with E-state index in [1.165, 1.54) is 16.4 Å². The van der Waals surface area contributed by atoms with Gasteiger partial charge in [-0.3, -0.25) is 9.10 Å². The minimum Gasteiger partial charge on any atom is -0.324 e. The largest absolute Gasteiger partial charge is 0.324 e. The number of hydrogen-bond donors (Lipinski definition) is 1. The van der Waals surface area contributed by atoms with Gasteiger partial charge in [0.05, 0.1) is 10.6 Å². The molecular formula is C24H26N2O3S. The molecule has 0 bridgehead atoms. The van der Waals surface area contributed by atoms with Crippen LogP contribution in [0.3, 0.4) is 0 Å². The van der Waals surface area contributed by atoms with Crippen LogP contribution < -0.4 is 9.62 Å². The summed E-state index contributed by atoms with van der Waals surface area (Å²) in [6, 6.07) is 21.2. The third kappa shape index (κ3) is 4.54. The SMILES string of the molecule is CCc1cccc(C)c1NC(=O)CN(c1ccccc1C)S(=O)(=O)c1ccccc1. The Balaban J connectivity index is 1.98. The zero-order chi connectivity index (χ0) is 21.7. The van der Waals surface area contributed by atoms with Crippen LogP contribution >= 0.6 is 0 Å². The van der Waals surface area contributed by atoms with E-state index in [9.17, 15) is 13.2 Å². The third-order valence-corrected chi connectivity index (χ3v) is 6.78. The van der Waals surface area contributed by atoms with Gasteiger partial charge < -0.3 is 5.32 Å². The lowest BCUT2D eigenvalue weighted by atomic mass is 10.1. The molecule has 1 N–H and O–H groups in total. The van der Waals surface area contributed by atoms with Gasteiger partial charge in [-0.15, -0.1) is 0 Å². The average molecular weight is 423 g/mol. The number of carbonyl (C=O) groups is 1. The number of sulfonamides is 1. The van der Waals surface area contributed by atoms with Crippen molar-refractivity contribution in [2.45, 2.75) is 32.1 Å². The molecule has 0 aliphatic heterocycles. The van der Waals surface area contributed by atoms with Crippen molar-refractivity contribution in [2.24, 2.45) is 0 Å². The van der Waals surface area contributed by atoms with Gasteiger partial charge in [0.1, 0.15) is 6.54 Å². The van der Waals surface area contributed by atoms with Crippen LogP contribution in [0.4, 0.5) is 11.4 Å². The molecular weight excluding hydrogens is 396 g/mol. The van der Waals surface area contributed by atoms with E-state index in [0.717, 1.165) is 28.8 Å². The number of carbonyl (C=O) groups excluding carboxylic acids is 1. The monoisotopic (exact) mass is 422 g/mol. The maximum Gasteiger partial charge on any atom is 0.264 e. The predicted octanol–water partition coefficient (Wildman–Crippen LogP) is 4.70. The Kier molecular flexibility index (Phi) is 6.57. The molecule has 6 heteroatoms. The number of para-hydroxylation sites is 2. The molecule has 3 aromatic carbocycles. The molecule has 3 rings (SSSR count). The van der Waals surface area contributed by atoms with Crippen LogP contribution in [-0.2, 0) is 21.2 Å². The lowest BCUT2D eigenvalue weighted by Crippen LogP contribution is -2.38. The molecule has 0 saturated heterocycles. The topological polar surface area (TPSA) is 66.5 Å². The van der Waals surface area contributed by atoms with Crippen LogP contribution in [0.25, 0.3) is 0 Å². The Morgan fingerprint density at radius 1 is 0.867 bits per heavy atom. The number of rotatable bonds is 7. The number of hydrogen-bond acceptors (Lipinski definition) is 3. The second-order valence-electron chi connectivity index (χ2n) is 7.12. The van der Waals surface area contributed by atoms with E-state index >= 15 is 0 Å². The van der Waals surface area contributed by atoms with Gasteiger partial charge in [-0.2, -0.15) is 0 Å². The molecule has 156 valence electrons. The first-order valence-corrected chi connectivity index (χ1v) is 11.3. The number of benzene rings is 3. The normalized spacial score (nSPS) is 11.2. The van der Waals surface area contributed by atoms with Crippen molar-refractivity contribution in [3.63, 3.8) is 0 Å². The van der Waals surface area contributed by atoms with E-state index in [0.29, 0.717) is 5.69 Å². The van der Waals surface area contributed by atoms with Gasteiger partial charge >= 0.3 is 0 Å². The van der Waals surface area contributed by atoms with Gasteiger partial charge in [0.25, 0.3) is 10.0 Å². The number of nitrogens with one attached hydrogen (secondary N) is 1. The predicted molar refractivity (Wildman–Crippen MR) is 121 cm³/mol. The van der Waals surface area contributed by atoms with Gasteiger partial charge in [0.2, 0.25) is 5.91 Å². The van der Waals surface area contributed by atoms with Crippen LogP contribution in [0.5, 0.6) is 0 Å². The fourth-order valence-corrected chi connectivity index (χ4v) is 4.88. The molecule has 0 aromatic heterocycles. The summed E-state index contributed by atoms with van der Waals surface area (Å²) in [6.45, 7) is 5.45. The number of anilines is 2. The van der Waals surface area contributed by atoms with Crippen molar-refractivity contribution in [3.8, 4) is 0 Å². The maximum atomic E-state index is 13.4. The standard InChI is InChI=1S/C24H26N2O3S/c1-4-20-13-10-12-19(3)24(20)25-23(27)17-26(22-16-9-8-11-18(22)2)30(28,29)21-14-6-5-7-15-21/h5-16H,4,17H2,1-3H3,(H,25,27). The first-order valence-electron chi connectivity index (χ1n) is 9.86. The molecule has 0 heterocycles. The van der Waals surface area contributed by atoms with E-state index in [1.807, 2.05) is 51.1 Å². The van der Waals surface area contributed by atoms with Crippen molar-refractivity contribution in [2.75, 3.05) is 16.2 Å². The minimum absolute atomic E-state index is 0.145. The van der Waals surface area contributed by atoms with Crippen LogP contribution in [-0.4, -0.2) is 20.9 Å². The second kappa shape index (κ2) is 9.13. The molecule has 0 aliphatic rings. The quantitative estimate of drug-likeness (QED) is 0.600. The Morgan fingerprint density at radius 3 is 2.17 bits per heavy atom. The minimum atomic E-state index is -3.92. The first kappa shape index (κ1) is 21.6. The van der Waals surface area contributed by atoms with E-state index in [-0.39, 0.29) is 17.3 Å². The van der Waals surface area contributed by atoms with Gasteiger partial charge in [-0.05, 0) is 55.2 Å². The number of nitrogens with zero attached hydrogens (tertiary/aromatic N) is 1. The first-order chi connectivity index (χ1) is 14.3. The maximum absolute atomic E-state index is 13.4. The number of aryl methyl sites for hydroxylation is 3. The lowest BCUT2D eigenvalue weighted by Gasteiger charge is -2.26. The van der Waals surface area contributed by atoms with Crippen LogP contribution in [0, 0.1) is 13.8 Å². The van der Waals surface area contributed by atoms with Crippen molar-refractivity contribution < 1.29 is 13.2 Å². The summed E-state index contributed by atoms with van der Waals surface area (Å²) in [6.07, 6.45) is 0.765. The zero-order valence-electron chi connectivity index (χ0n) is 17.4. The zero-order valence-corrected chi connectivity index (χ0v) is 18.2. The van der Waals surface area contributed by atoms with Crippen LogP contribution in [0.15, 0.2) is 77.7 Å². The summed E-state index contributed by atoms with van der Waals surface area (Å²) in [4.78, 5) is 13.1. The molecule has 3 aromatic rings. The molecule has 0 atom stereocenters. The Labute approximate surface area is 178 Å². The summed E-state index contributed by atoms with van der Waals surface area (Å²) < 4.78 is 28.0. The molecule has 0 saturated carbocycles.